The summed E-state index contributed by atoms with van der Waals surface area (Å²) in [6.07, 6.45) is 1.88. The zero-order valence-corrected chi connectivity index (χ0v) is 15.3. The van der Waals surface area contributed by atoms with E-state index in [4.69, 9.17) is 4.42 Å². The van der Waals surface area contributed by atoms with Gasteiger partial charge in [0.05, 0.1) is 24.1 Å². The molecule has 0 saturated heterocycles. The molecule has 2 heterocycles. The molecule has 1 aromatic heterocycles. The quantitative estimate of drug-likeness (QED) is 0.726. The standard InChI is InChI=1S/C20H18N2O3S/c1-11-3-5-15-13(9-25-20(15)12(11)2)7-18(23)21-14-4-6-17-16(8-14)22-19(24)10-26-17/h3-6,8-9H,7,10H2,1-2H3,(H,21,23)(H,22,24). The van der Waals surface area contributed by atoms with Gasteiger partial charge in [-0.2, -0.15) is 0 Å². The van der Waals surface area contributed by atoms with E-state index < -0.39 is 0 Å². The van der Waals surface area contributed by atoms with Crippen molar-refractivity contribution >= 4 is 45.9 Å². The van der Waals surface area contributed by atoms with E-state index in [1.807, 2.05) is 38.1 Å². The number of carbonyl (C=O) groups excluding carboxylic acids is 2. The molecule has 2 N–H and O–H groups in total. The van der Waals surface area contributed by atoms with Crippen LogP contribution < -0.4 is 10.6 Å². The zero-order valence-electron chi connectivity index (χ0n) is 14.5. The first-order chi connectivity index (χ1) is 12.5. The summed E-state index contributed by atoms with van der Waals surface area (Å²) in [6, 6.07) is 9.59. The summed E-state index contributed by atoms with van der Waals surface area (Å²) < 4.78 is 5.67. The van der Waals surface area contributed by atoms with Gasteiger partial charge in [0.15, 0.2) is 0 Å². The van der Waals surface area contributed by atoms with Crippen molar-refractivity contribution < 1.29 is 14.0 Å². The average molecular weight is 366 g/mol. The molecule has 2 aromatic carbocycles. The monoisotopic (exact) mass is 366 g/mol. The lowest BCUT2D eigenvalue weighted by molar-refractivity contribution is -0.115. The molecule has 0 bridgehead atoms. The molecule has 1 aliphatic rings. The minimum atomic E-state index is -0.124. The van der Waals surface area contributed by atoms with Crippen molar-refractivity contribution in [2.75, 3.05) is 16.4 Å². The van der Waals surface area contributed by atoms with Crippen LogP contribution in [0.4, 0.5) is 11.4 Å². The molecule has 3 aromatic rings. The number of carbonyl (C=O) groups is 2. The summed E-state index contributed by atoms with van der Waals surface area (Å²) >= 11 is 1.49. The molecule has 4 rings (SSSR count). The molecule has 0 unspecified atom stereocenters. The summed E-state index contributed by atoms with van der Waals surface area (Å²) in [5.41, 5.74) is 5.36. The summed E-state index contributed by atoms with van der Waals surface area (Å²) in [5, 5.41) is 6.69. The van der Waals surface area contributed by atoms with Gasteiger partial charge in [-0.05, 0) is 43.2 Å². The molecule has 0 fully saturated rings. The Morgan fingerprint density at radius 1 is 1.27 bits per heavy atom. The number of furan rings is 1. The minimum absolute atomic E-state index is 0.0264. The van der Waals surface area contributed by atoms with E-state index in [2.05, 4.69) is 10.6 Å². The first-order valence-electron chi connectivity index (χ1n) is 8.34. The van der Waals surface area contributed by atoms with Crippen LogP contribution in [-0.4, -0.2) is 17.6 Å². The number of anilines is 2. The van der Waals surface area contributed by atoms with E-state index in [1.54, 1.807) is 12.3 Å². The van der Waals surface area contributed by atoms with Crippen LogP contribution in [0.25, 0.3) is 11.0 Å². The predicted molar refractivity (Wildman–Crippen MR) is 104 cm³/mol. The molecule has 6 heteroatoms. The molecule has 2 amide bonds. The van der Waals surface area contributed by atoms with Crippen molar-refractivity contribution in [3.8, 4) is 0 Å². The number of thioether (sulfide) groups is 1. The van der Waals surface area contributed by atoms with E-state index in [9.17, 15) is 9.59 Å². The molecule has 0 aliphatic carbocycles. The Morgan fingerprint density at radius 3 is 2.96 bits per heavy atom. The van der Waals surface area contributed by atoms with Crippen LogP contribution in [0.2, 0.25) is 0 Å². The fourth-order valence-electron chi connectivity index (χ4n) is 3.06. The van der Waals surface area contributed by atoms with Crippen molar-refractivity contribution in [2.45, 2.75) is 25.2 Å². The second kappa shape index (κ2) is 6.53. The average Bonchev–Trinajstić information content (AvgIpc) is 3.01. The molecule has 0 radical (unpaired) electrons. The number of benzene rings is 2. The van der Waals surface area contributed by atoms with E-state index in [0.717, 1.165) is 38.2 Å². The van der Waals surface area contributed by atoms with Gasteiger partial charge in [0.2, 0.25) is 11.8 Å². The highest BCUT2D eigenvalue weighted by molar-refractivity contribution is 8.00. The van der Waals surface area contributed by atoms with Gasteiger partial charge >= 0.3 is 0 Å². The fraction of sp³-hybridized carbons (Fsp3) is 0.200. The van der Waals surface area contributed by atoms with Gasteiger partial charge in [-0.25, -0.2) is 0 Å². The van der Waals surface area contributed by atoms with Crippen molar-refractivity contribution in [1.82, 2.24) is 0 Å². The van der Waals surface area contributed by atoms with Gasteiger partial charge in [-0.15, -0.1) is 11.8 Å². The van der Waals surface area contributed by atoms with Crippen molar-refractivity contribution in [3.05, 3.63) is 53.3 Å². The van der Waals surface area contributed by atoms with Gasteiger partial charge in [-0.3, -0.25) is 9.59 Å². The smallest absolute Gasteiger partial charge is 0.234 e. The molecule has 1 aliphatic heterocycles. The van der Waals surface area contributed by atoms with Crippen molar-refractivity contribution in [2.24, 2.45) is 0 Å². The normalized spacial score (nSPS) is 13.4. The van der Waals surface area contributed by atoms with Crippen LogP contribution in [-0.2, 0) is 16.0 Å². The maximum atomic E-state index is 12.5. The van der Waals surface area contributed by atoms with E-state index in [0.29, 0.717) is 11.4 Å². The number of hydrogen-bond donors (Lipinski definition) is 2. The summed E-state index contributed by atoms with van der Waals surface area (Å²) in [4.78, 5) is 25.0. The van der Waals surface area contributed by atoms with E-state index in [-0.39, 0.29) is 18.2 Å². The molecule has 0 spiro atoms. The van der Waals surface area contributed by atoms with Gasteiger partial charge in [0.25, 0.3) is 0 Å². The van der Waals surface area contributed by atoms with Crippen LogP contribution in [0.1, 0.15) is 16.7 Å². The van der Waals surface area contributed by atoms with Crippen LogP contribution in [0.5, 0.6) is 0 Å². The van der Waals surface area contributed by atoms with Crippen molar-refractivity contribution in [1.29, 1.82) is 0 Å². The topological polar surface area (TPSA) is 71.3 Å². The maximum absolute atomic E-state index is 12.5. The Morgan fingerprint density at radius 2 is 2.12 bits per heavy atom. The van der Waals surface area contributed by atoms with Crippen LogP contribution in [0, 0.1) is 13.8 Å². The first kappa shape index (κ1) is 16.7. The highest BCUT2D eigenvalue weighted by Crippen LogP contribution is 2.33. The highest BCUT2D eigenvalue weighted by atomic mass is 32.2. The number of nitrogens with one attached hydrogen (secondary N) is 2. The lowest BCUT2D eigenvalue weighted by Crippen LogP contribution is -2.19. The minimum Gasteiger partial charge on any atom is -0.464 e. The second-order valence-corrected chi connectivity index (χ2v) is 7.44. The molecule has 132 valence electrons. The van der Waals surface area contributed by atoms with Crippen molar-refractivity contribution in [3.63, 3.8) is 0 Å². The van der Waals surface area contributed by atoms with Gasteiger partial charge in [0, 0.05) is 21.5 Å². The number of fused-ring (bicyclic) bond motifs is 2. The SMILES string of the molecule is Cc1ccc2c(CC(=O)Nc3ccc4c(c3)NC(=O)CS4)coc2c1C. The molecule has 0 saturated carbocycles. The number of rotatable bonds is 3. The van der Waals surface area contributed by atoms with E-state index in [1.165, 1.54) is 11.8 Å². The van der Waals surface area contributed by atoms with Gasteiger partial charge in [0.1, 0.15) is 5.58 Å². The lowest BCUT2D eigenvalue weighted by atomic mass is 10.0. The first-order valence-corrected chi connectivity index (χ1v) is 9.32. The third-order valence-electron chi connectivity index (χ3n) is 4.59. The summed E-state index contributed by atoms with van der Waals surface area (Å²) in [5.74, 6) is 0.271. The molecule has 5 nitrogen and oxygen atoms in total. The Balaban J connectivity index is 1.52. The molecule has 0 atom stereocenters. The Kier molecular flexibility index (Phi) is 4.20. The highest BCUT2D eigenvalue weighted by Gasteiger charge is 2.17. The van der Waals surface area contributed by atoms with Gasteiger partial charge in [-0.1, -0.05) is 12.1 Å². The molecule has 26 heavy (non-hydrogen) atoms. The van der Waals surface area contributed by atoms with Gasteiger partial charge < -0.3 is 15.1 Å². The number of hydrogen-bond acceptors (Lipinski definition) is 4. The number of amides is 2. The Bertz CT molecular complexity index is 1040. The zero-order chi connectivity index (χ0) is 18.3. The van der Waals surface area contributed by atoms with Crippen LogP contribution in [0.3, 0.4) is 0 Å². The number of aryl methyl sites for hydroxylation is 2. The lowest BCUT2D eigenvalue weighted by Gasteiger charge is -2.17. The summed E-state index contributed by atoms with van der Waals surface area (Å²) in [6.45, 7) is 4.06. The van der Waals surface area contributed by atoms with E-state index >= 15 is 0 Å². The fourth-order valence-corrected chi connectivity index (χ4v) is 3.85. The van der Waals surface area contributed by atoms with Crippen LogP contribution >= 0.6 is 11.8 Å². The Hall–Kier alpha value is -2.73. The Labute approximate surface area is 155 Å². The van der Waals surface area contributed by atoms with Crippen LogP contribution in [0.15, 0.2) is 45.9 Å². The largest absolute Gasteiger partial charge is 0.464 e. The maximum Gasteiger partial charge on any atom is 0.234 e. The second-order valence-electron chi connectivity index (χ2n) is 6.42. The summed E-state index contributed by atoms with van der Waals surface area (Å²) in [7, 11) is 0. The molecular formula is C20H18N2O3S. The molecular weight excluding hydrogens is 348 g/mol. The predicted octanol–water partition coefficient (Wildman–Crippen LogP) is 4.28. The third kappa shape index (κ3) is 3.08. The third-order valence-corrected chi connectivity index (χ3v) is 5.66.